The molecule has 1 aliphatic heterocycles. The van der Waals surface area contributed by atoms with Crippen molar-refractivity contribution in [2.24, 2.45) is 5.92 Å². The van der Waals surface area contributed by atoms with E-state index in [0.717, 1.165) is 25.9 Å². The van der Waals surface area contributed by atoms with E-state index in [0.29, 0.717) is 18.5 Å². The highest BCUT2D eigenvalue weighted by Crippen LogP contribution is 2.09. The van der Waals surface area contributed by atoms with Crippen molar-refractivity contribution in [3.63, 3.8) is 0 Å². The van der Waals surface area contributed by atoms with Crippen LogP contribution in [0.3, 0.4) is 0 Å². The maximum atomic E-state index is 11.7. The molecular formula is C15H31N3O2. The number of alkyl carbamates (subject to hydrolysis) is 1. The van der Waals surface area contributed by atoms with Crippen LogP contribution in [0.4, 0.5) is 4.79 Å². The Labute approximate surface area is 123 Å². The van der Waals surface area contributed by atoms with E-state index in [1.807, 2.05) is 20.8 Å². The zero-order valence-corrected chi connectivity index (χ0v) is 13.6. The molecule has 0 aromatic rings. The molecule has 0 spiro atoms. The second-order valence-electron chi connectivity index (χ2n) is 6.92. The van der Waals surface area contributed by atoms with Crippen molar-refractivity contribution in [1.82, 2.24) is 16.0 Å². The minimum absolute atomic E-state index is 0.283. The molecule has 1 aliphatic rings. The number of piperidine rings is 1. The monoisotopic (exact) mass is 285 g/mol. The van der Waals surface area contributed by atoms with Crippen LogP contribution < -0.4 is 16.0 Å². The van der Waals surface area contributed by atoms with Gasteiger partial charge in [-0.1, -0.05) is 13.8 Å². The Bertz CT molecular complexity index is 294. The summed E-state index contributed by atoms with van der Waals surface area (Å²) in [5.41, 5.74) is -0.445. The lowest BCUT2D eigenvalue weighted by molar-refractivity contribution is 0.0517. The SMILES string of the molecule is CC(C)C(CNC(=O)OC(C)(C)C)NC1CCNCC1. The van der Waals surface area contributed by atoms with Crippen LogP contribution in [-0.4, -0.2) is 43.4 Å². The Hall–Kier alpha value is -0.810. The predicted molar refractivity (Wildman–Crippen MR) is 81.9 cm³/mol. The molecule has 118 valence electrons. The maximum Gasteiger partial charge on any atom is 0.407 e. The van der Waals surface area contributed by atoms with Crippen LogP contribution in [0.2, 0.25) is 0 Å². The van der Waals surface area contributed by atoms with Gasteiger partial charge in [0.05, 0.1) is 0 Å². The minimum Gasteiger partial charge on any atom is -0.444 e. The topological polar surface area (TPSA) is 62.4 Å². The first kappa shape index (κ1) is 17.2. The third-order valence-electron chi connectivity index (χ3n) is 3.46. The largest absolute Gasteiger partial charge is 0.444 e. The van der Waals surface area contributed by atoms with E-state index in [4.69, 9.17) is 4.74 Å². The fraction of sp³-hybridized carbons (Fsp3) is 0.933. The Balaban J connectivity index is 2.36. The summed E-state index contributed by atoms with van der Waals surface area (Å²) < 4.78 is 5.27. The summed E-state index contributed by atoms with van der Waals surface area (Å²) >= 11 is 0. The molecule has 1 fully saturated rings. The lowest BCUT2D eigenvalue weighted by Gasteiger charge is -2.31. The van der Waals surface area contributed by atoms with Crippen molar-refractivity contribution in [2.45, 2.75) is 65.1 Å². The van der Waals surface area contributed by atoms with Crippen LogP contribution in [0.15, 0.2) is 0 Å². The number of ether oxygens (including phenoxy) is 1. The van der Waals surface area contributed by atoms with Crippen molar-refractivity contribution in [1.29, 1.82) is 0 Å². The van der Waals surface area contributed by atoms with Gasteiger partial charge in [0.2, 0.25) is 0 Å². The van der Waals surface area contributed by atoms with Gasteiger partial charge in [-0.2, -0.15) is 0 Å². The summed E-state index contributed by atoms with van der Waals surface area (Å²) in [6.45, 7) is 12.7. The third kappa shape index (κ3) is 7.10. The Morgan fingerprint density at radius 2 is 1.90 bits per heavy atom. The van der Waals surface area contributed by atoms with Gasteiger partial charge < -0.3 is 20.7 Å². The van der Waals surface area contributed by atoms with Crippen LogP contribution in [0.1, 0.15) is 47.5 Å². The fourth-order valence-electron chi connectivity index (χ4n) is 2.29. The van der Waals surface area contributed by atoms with E-state index >= 15 is 0 Å². The van der Waals surface area contributed by atoms with Crippen LogP contribution in [0, 0.1) is 5.92 Å². The van der Waals surface area contributed by atoms with Crippen LogP contribution in [-0.2, 0) is 4.74 Å². The number of carbonyl (C=O) groups excluding carboxylic acids is 1. The highest BCUT2D eigenvalue weighted by molar-refractivity contribution is 5.67. The van der Waals surface area contributed by atoms with Gasteiger partial charge >= 0.3 is 6.09 Å². The Morgan fingerprint density at radius 1 is 1.30 bits per heavy atom. The average molecular weight is 285 g/mol. The van der Waals surface area contributed by atoms with E-state index in [1.165, 1.54) is 0 Å². The number of hydrogen-bond acceptors (Lipinski definition) is 4. The molecule has 1 heterocycles. The molecular weight excluding hydrogens is 254 g/mol. The zero-order valence-electron chi connectivity index (χ0n) is 13.6. The maximum absolute atomic E-state index is 11.7. The molecule has 0 saturated carbocycles. The van der Waals surface area contributed by atoms with E-state index in [9.17, 15) is 4.79 Å². The number of rotatable bonds is 5. The van der Waals surface area contributed by atoms with Crippen molar-refractivity contribution >= 4 is 6.09 Å². The second kappa shape index (κ2) is 7.84. The Kier molecular flexibility index (Phi) is 6.76. The summed E-state index contributed by atoms with van der Waals surface area (Å²) in [6.07, 6.45) is 1.96. The minimum atomic E-state index is -0.445. The van der Waals surface area contributed by atoms with E-state index in [1.54, 1.807) is 0 Å². The van der Waals surface area contributed by atoms with Gasteiger partial charge in [-0.05, 0) is 52.6 Å². The van der Waals surface area contributed by atoms with Crippen LogP contribution in [0.5, 0.6) is 0 Å². The molecule has 0 aromatic heterocycles. The molecule has 0 aromatic carbocycles. The lowest BCUT2D eigenvalue weighted by Crippen LogP contribution is -2.51. The molecule has 3 N–H and O–H groups in total. The highest BCUT2D eigenvalue weighted by Gasteiger charge is 2.22. The average Bonchev–Trinajstić information content (AvgIpc) is 2.33. The van der Waals surface area contributed by atoms with Crippen molar-refractivity contribution in [3.8, 4) is 0 Å². The molecule has 1 atom stereocenters. The quantitative estimate of drug-likeness (QED) is 0.722. The summed E-state index contributed by atoms with van der Waals surface area (Å²) in [5.74, 6) is 0.472. The second-order valence-corrected chi connectivity index (χ2v) is 6.92. The predicted octanol–water partition coefficient (Wildman–Crippen LogP) is 1.88. The lowest BCUT2D eigenvalue weighted by atomic mass is 10.00. The van der Waals surface area contributed by atoms with Gasteiger partial charge in [0.25, 0.3) is 0 Å². The van der Waals surface area contributed by atoms with Crippen molar-refractivity contribution in [2.75, 3.05) is 19.6 Å². The van der Waals surface area contributed by atoms with Gasteiger partial charge in [0.15, 0.2) is 0 Å². The molecule has 1 saturated heterocycles. The van der Waals surface area contributed by atoms with Gasteiger partial charge in [-0.15, -0.1) is 0 Å². The summed E-state index contributed by atoms with van der Waals surface area (Å²) in [6, 6.07) is 0.828. The van der Waals surface area contributed by atoms with E-state index in [2.05, 4.69) is 29.8 Å². The molecule has 1 rings (SSSR count). The summed E-state index contributed by atoms with van der Waals surface area (Å²) in [7, 11) is 0. The van der Waals surface area contributed by atoms with Crippen LogP contribution in [0.25, 0.3) is 0 Å². The van der Waals surface area contributed by atoms with Crippen LogP contribution >= 0.6 is 0 Å². The molecule has 1 amide bonds. The highest BCUT2D eigenvalue weighted by atomic mass is 16.6. The smallest absolute Gasteiger partial charge is 0.407 e. The first-order chi connectivity index (χ1) is 9.28. The van der Waals surface area contributed by atoms with Gasteiger partial charge in [0, 0.05) is 18.6 Å². The number of hydrogen-bond donors (Lipinski definition) is 3. The standard InChI is InChI=1S/C15H31N3O2/c1-11(2)13(18-12-6-8-16-9-7-12)10-17-14(19)20-15(3,4)5/h11-13,16,18H,6-10H2,1-5H3,(H,17,19). The summed E-state index contributed by atoms with van der Waals surface area (Å²) in [4.78, 5) is 11.7. The first-order valence-electron chi connectivity index (χ1n) is 7.71. The van der Waals surface area contributed by atoms with E-state index < -0.39 is 5.60 Å². The van der Waals surface area contributed by atoms with Gasteiger partial charge in [-0.3, -0.25) is 0 Å². The van der Waals surface area contributed by atoms with Gasteiger partial charge in [-0.25, -0.2) is 4.79 Å². The molecule has 0 radical (unpaired) electrons. The first-order valence-corrected chi connectivity index (χ1v) is 7.71. The van der Waals surface area contributed by atoms with Crippen molar-refractivity contribution < 1.29 is 9.53 Å². The Morgan fingerprint density at radius 3 is 2.40 bits per heavy atom. The fourth-order valence-corrected chi connectivity index (χ4v) is 2.29. The van der Waals surface area contributed by atoms with E-state index in [-0.39, 0.29) is 12.1 Å². The normalized spacial score (nSPS) is 18.9. The number of amides is 1. The van der Waals surface area contributed by atoms with Gasteiger partial charge in [0.1, 0.15) is 5.60 Å². The molecule has 0 bridgehead atoms. The van der Waals surface area contributed by atoms with Crippen molar-refractivity contribution in [3.05, 3.63) is 0 Å². The molecule has 5 heteroatoms. The summed E-state index contributed by atoms with van der Waals surface area (Å²) in [5, 5.41) is 9.90. The third-order valence-corrected chi connectivity index (χ3v) is 3.46. The molecule has 1 unspecified atom stereocenters. The zero-order chi connectivity index (χ0) is 15.2. The number of nitrogens with one attached hydrogen (secondary N) is 3. The molecule has 5 nitrogen and oxygen atoms in total. The molecule has 0 aliphatic carbocycles. The number of carbonyl (C=O) groups is 1. The molecule has 20 heavy (non-hydrogen) atoms.